The van der Waals surface area contributed by atoms with Crippen molar-refractivity contribution in [1.82, 2.24) is 4.57 Å². The zero-order valence-corrected chi connectivity index (χ0v) is 35.3. The Hall–Kier alpha value is -7.94. The number of fused-ring (bicyclic) bond motifs is 8. The van der Waals surface area contributed by atoms with Gasteiger partial charge in [0.05, 0.1) is 16.7 Å². The maximum atomic E-state index is 2.43. The highest BCUT2D eigenvalue weighted by Crippen LogP contribution is 2.51. The number of hydrogen-bond donors (Lipinski definition) is 0. The van der Waals surface area contributed by atoms with Crippen molar-refractivity contribution in [3.8, 4) is 50.2 Å². The van der Waals surface area contributed by atoms with Crippen LogP contribution in [0.2, 0.25) is 0 Å². The van der Waals surface area contributed by atoms with Gasteiger partial charge in [0, 0.05) is 38.8 Å². The first kappa shape index (κ1) is 36.9. The van der Waals surface area contributed by atoms with E-state index >= 15 is 0 Å². The molecule has 0 spiro atoms. The smallest absolute Gasteiger partial charge is 0.0547 e. The molecule has 0 radical (unpaired) electrons. The number of rotatable bonds is 7. The first-order chi connectivity index (χ1) is 31.0. The van der Waals surface area contributed by atoms with E-state index in [1.807, 2.05) is 0 Å². The minimum absolute atomic E-state index is 0.110. The third-order valence-electron chi connectivity index (χ3n) is 13.4. The van der Waals surface area contributed by atoms with Gasteiger partial charge in [-0.3, -0.25) is 0 Å². The van der Waals surface area contributed by atoms with Crippen LogP contribution >= 0.6 is 0 Å². The van der Waals surface area contributed by atoms with E-state index in [1.54, 1.807) is 0 Å². The van der Waals surface area contributed by atoms with Crippen LogP contribution in [0.3, 0.4) is 0 Å². The van der Waals surface area contributed by atoms with Crippen molar-refractivity contribution in [2.24, 2.45) is 0 Å². The second-order valence-corrected chi connectivity index (χ2v) is 17.3. The Morgan fingerprint density at radius 1 is 0.365 bits per heavy atom. The zero-order valence-electron chi connectivity index (χ0n) is 35.3. The lowest BCUT2D eigenvalue weighted by Gasteiger charge is -2.30. The molecule has 0 fully saturated rings. The van der Waals surface area contributed by atoms with E-state index in [2.05, 4.69) is 254 Å². The topological polar surface area (TPSA) is 8.17 Å². The third-order valence-corrected chi connectivity index (χ3v) is 13.4. The molecule has 0 saturated carbocycles. The summed E-state index contributed by atoms with van der Waals surface area (Å²) in [6, 6.07) is 84.5. The van der Waals surface area contributed by atoms with Crippen LogP contribution in [-0.2, 0) is 5.41 Å². The van der Waals surface area contributed by atoms with Crippen LogP contribution < -0.4 is 4.90 Å². The minimum atomic E-state index is -0.110. The molecule has 1 aromatic heterocycles. The number of nitrogens with zero attached hydrogens (tertiary/aromatic N) is 2. The average Bonchev–Trinajstić information content (AvgIpc) is 3.80. The summed E-state index contributed by atoms with van der Waals surface area (Å²) in [5.41, 5.74) is 19.4. The average molecular weight is 805 g/mol. The lowest BCUT2D eigenvalue weighted by Crippen LogP contribution is -2.16. The minimum Gasteiger partial charge on any atom is -0.310 e. The molecule has 12 rings (SSSR count). The molecule has 0 N–H and O–H groups in total. The van der Waals surface area contributed by atoms with Gasteiger partial charge in [-0.2, -0.15) is 0 Å². The van der Waals surface area contributed by atoms with Gasteiger partial charge >= 0.3 is 0 Å². The van der Waals surface area contributed by atoms with Crippen molar-refractivity contribution in [3.63, 3.8) is 0 Å². The SMILES string of the molecule is CC1(C)c2ccccc2-c2ccc(N(c3ccc(-c4ccc(-n5c6ccccc6c6c7c(-c8ccccc8)cccc7ccc65)cc4)cc3)c3ccccc3-c3ccccc3)cc21. The first-order valence-electron chi connectivity index (χ1n) is 21.9. The quantitative estimate of drug-likeness (QED) is 0.156. The van der Waals surface area contributed by atoms with Crippen LogP contribution in [0, 0.1) is 0 Å². The molecule has 0 unspecified atom stereocenters. The number of anilines is 3. The molecule has 10 aromatic carbocycles. The molecular weight excluding hydrogens is 761 g/mol. The lowest BCUT2D eigenvalue weighted by atomic mass is 9.82. The standard InChI is InChI=1S/C61H44N2/c1-61(2)54-25-12-9-22-51(54)52-38-37-48(40-55(52)61)62(56-26-13-10-21-49(56)43-16-5-3-6-17-43)46-33-28-41(29-34-46)42-30-35-47(36-31-42)63-57-27-14-11-23-53(57)60-58(63)39-32-45-20-15-24-50(59(45)60)44-18-7-4-8-19-44/h3-40H,1-2H3. The number of benzene rings is 10. The Bertz CT molecular complexity index is 3500. The summed E-state index contributed by atoms with van der Waals surface area (Å²) in [5.74, 6) is 0. The van der Waals surface area contributed by atoms with Crippen molar-refractivity contribution in [1.29, 1.82) is 0 Å². The van der Waals surface area contributed by atoms with Crippen molar-refractivity contribution in [3.05, 3.63) is 242 Å². The molecule has 1 heterocycles. The number of aromatic nitrogens is 1. The van der Waals surface area contributed by atoms with E-state index in [1.165, 1.54) is 88.2 Å². The Morgan fingerprint density at radius 3 is 1.71 bits per heavy atom. The van der Waals surface area contributed by atoms with Crippen molar-refractivity contribution in [2.45, 2.75) is 19.3 Å². The van der Waals surface area contributed by atoms with E-state index in [-0.39, 0.29) is 5.41 Å². The van der Waals surface area contributed by atoms with Crippen LogP contribution in [-0.4, -0.2) is 4.57 Å². The van der Waals surface area contributed by atoms with Crippen molar-refractivity contribution in [2.75, 3.05) is 4.90 Å². The predicted octanol–water partition coefficient (Wildman–Crippen LogP) is 16.7. The van der Waals surface area contributed by atoms with Crippen LogP contribution in [0.15, 0.2) is 231 Å². The van der Waals surface area contributed by atoms with Crippen LogP contribution in [0.5, 0.6) is 0 Å². The third kappa shape index (κ3) is 5.94. The Kier molecular flexibility index (Phi) is 8.55. The van der Waals surface area contributed by atoms with E-state index in [4.69, 9.17) is 0 Å². The van der Waals surface area contributed by atoms with Gasteiger partial charge in [0.15, 0.2) is 0 Å². The fraction of sp³-hybridized carbons (Fsp3) is 0.0492. The molecule has 0 amide bonds. The summed E-state index contributed by atoms with van der Waals surface area (Å²) in [4.78, 5) is 2.43. The Morgan fingerprint density at radius 2 is 0.952 bits per heavy atom. The molecule has 1 aliphatic carbocycles. The fourth-order valence-electron chi connectivity index (χ4n) is 10.4. The summed E-state index contributed by atoms with van der Waals surface area (Å²) in [6.45, 7) is 4.71. The monoisotopic (exact) mass is 804 g/mol. The largest absolute Gasteiger partial charge is 0.310 e. The lowest BCUT2D eigenvalue weighted by molar-refractivity contribution is 0.660. The van der Waals surface area contributed by atoms with Gasteiger partial charge in [-0.05, 0) is 115 Å². The molecule has 0 saturated heterocycles. The number of hydrogen-bond acceptors (Lipinski definition) is 1. The fourth-order valence-corrected chi connectivity index (χ4v) is 10.4. The van der Waals surface area contributed by atoms with Gasteiger partial charge in [-0.1, -0.05) is 190 Å². The highest BCUT2D eigenvalue weighted by molar-refractivity contribution is 6.24. The van der Waals surface area contributed by atoms with Crippen LogP contribution in [0.1, 0.15) is 25.0 Å². The summed E-state index contributed by atoms with van der Waals surface area (Å²) in [5, 5.41) is 5.09. The molecule has 2 heteroatoms. The second kappa shape index (κ2) is 14.6. The van der Waals surface area contributed by atoms with E-state index < -0.39 is 0 Å². The van der Waals surface area contributed by atoms with Gasteiger partial charge in [-0.25, -0.2) is 0 Å². The summed E-state index contributed by atoms with van der Waals surface area (Å²) in [6.07, 6.45) is 0. The van der Waals surface area contributed by atoms with Gasteiger partial charge in [-0.15, -0.1) is 0 Å². The van der Waals surface area contributed by atoms with Crippen LogP contribution in [0.25, 0.3) is 82.8 Å². The van der Waals surface area contributed by atoms with Gasteiger partial charge in [0.25, 0.3) is 0 Å². The van der Waals surface area contributed by atoms with Gasteiger partial charge in [0.2, 0.25) is 0 Å². The summed E-state index contributed by atoms with van der Waals surface area (Å²) < 4.78 is 2.43. The van der Waals surface area contributed by atoms with Crippen molar-refractivity contribution < 1.29 is 0 Å². The first-order valence-corrected chi connectivity index (χ1v) is 21.9. The second-order valence-electron chi connectivity index (χ2n) is 17.3. The molecular formula is C61H44N2. The van der Waals surface area contributed by atoms with Gasteiger partial charge < -0.3 is 9.47 Å². The molecule has 11 aromatic rings. The molecule has 1 aliphatic rings. The Labute approximate surface area is 368 Å². The van der Waals surface area contributed by atoms with E-state index in [9.17, 15) is 0 Å². The molecule has 0 aliphatic heterocycles. The molecule has 0 bridgehead atoms. The maximum absolute atomic E-state index is 2.43. The molecule has 2 nitrogen and oxygen atoms in total. The molecule has 298 valence electrons. The summed E-state index contributed by atoms with van der Waals surface area (Å²) >= 11 is 0. The highest BCUT2D eigenvalue weighted by atomic mass is 15.1. The van der Waals surface area contributed by atoms with Crippen molar-refractivity contribution >= 4 is 49.6 Å². The highest BCUT2D eigenvalue weighted by Gasteiger charge is 2.36. The zero-order chi connectivity index (χ0) is 42.1. The Balaban J connectivity index is 0.947. The molecule has 0 atom stereocenters. The van der Waals surface area contributed by atoms with Gasteiger partial charge in [0.1, 0.15) is 0 Å². The van der Waals surface area contributed by atoms with E-state index in [0.717, 1.165) is 22.7 Å². The number of para-hydroxylation sites is 2. The van der Waals surface area contributed by atoms with E-state index in [0.29, 0.717) is 0 Å². The van der Waals surface area contributed by atoms with Crippen LogP contribution in [0.4, 0.5) is 17.1 Å². The molecule has 63 heavy (non-hydrogen) atoms. The predicted molar refractivity (Wildman–Crippen MR) is 267 cm³/mol. The normalized spacial score (nSPS) is 12.7. The maximum Gasteiger partial charge on any atom is 0.0547 e. The summed E-state index contributed by atoms with van der Waals surface area (Å²) in [7, 11) is 0.